The molecule has 1 N–H and O–H groups in total. The molecule has 3 heteroatoms. The molecule has 1 aromatic carbocycles. The fourth-order valence-corrected chi connectivity index (χ4v) is 2.30. The van der Waals surface area contributed by atoms with Crippen LogP contribution in [0.15, 0.2) is 18.2 Å². The van der Waals surface area contributed by atoms with Gasteiger partial charge < -0.3 is 14.8 Å². The molecule has 100 valence electrons. The first-order valence-electron chi connectivity index (χ1n) is 6.74. The van der Waals surface area contributed by atoms with Crippen molar-refractivity contribution in [2.75, 3.05) is 19.8 Å². The molecule has 1 aliphatic heterocycles. The molecule has 1 fully saturated rings. The molecule has 0 amide bonds. The van der Waals surface area contributed by atoms with Gasteiger partial charge in [0.1, 0.15) is 0 Å². The molecular weight excluding hydrogens is 226 g/mol. The minimum Gasteiger partial charge on any atom is -0.350 e. The lowest BCUT2D eigenvalue weighted by molar-refractivity contribution is -0.0529. The van der Waals surface area contributed by atoms with E-state index in [1.54, 1.807) is 0 Å². The first kappa shape index (κ1) is 13.5. The van der Waals surface area contributed by atoms with Crippen LogP contribution in [0.1, 0.15) is 36.1 Å². The first-order chi connectivity index (χ1) is 8.70. The van der Waals surface area contributed by atoms with Crippen LogP contribution in [-0.2, 0) is 9.47 Å². The molecule has 0 aliphatic carbocycles. The molecule has 1 aliphatic rings. The predicted octanol–water partition coefficient (Wildman–Crippen LogP) is 2.72. The lowest BCUT2D eigenvalue weighted by atomic mass is 9.99. The number of benzene rings is 1. The maximum atomic E-state index is 5.54. The van der Waals surface area contributed by atoms with Gasteiger partial charge in [-0.2, -0.15) is 0 Å². The Morgan fingerprint density at radius 3 is 2.56 bits per heavy atom. The number of rotatable bonds is 5. The second-order valence-electron chi connectivity index (χ2n) is 4.86. The monoisotopic (exact) mass is 249 g/mol. The van der Waals surface area contributed by atoms with Gasteiger partial charge in [0, 0.05) is 12.5 Å². The topological polar surface area (TPSA) is 30.5 Å². The molecule has 1 heterocycles. The fourth-order valence-electron chi connectivity index (χ4n) is 2.30. The molecular formula is C15H23NO2. The summed E-state index contributed by atoms with van der Waals surface area (Å²) in [7, 11) is 0. The summed E-state index contributed by atoms with van der Waals surface area (Å²) in [5.41, 5.74) is 3.99. The highest BCUT2D eigenvalue weighted by molar-refractivity contribution is 5.31. The van der Waals surface area contributed by atoms with Crippen LogP contribution in [0.2, 0.25) is 0 Å². The van der Waals surface area contributed by atoms with E-state index in [4.69, 9.17) is 9.47 Å². The molecule has 0 saturated carbocycles. The summed E-state index contributed by atoms with van der Waals surface area (Å²) in [4.78, 5) is 0. The minimum absolute atomic E-state index is 0.0596. The van der Waals surface area contributed by atoms with E-state index < -0.39 is 0 Å². The molecule has 1 unspecified atom stereocenters. The highest BCUT2D eigenvalue weighted by Gasteiger charge is 2.22. The quantitative estimate of drug-likeness (QED) is 0.870. The van der Waals surface area contributed by atoms with E-state index in [1.165, 1.54) is 16.7 Å². The normalized spacial score (nSPS) is 18.2. The predicted molar refractivity (Wildman–Crippen MR) is 72.6 cm³/mol. The third-order valence-electron chi connectivity index (χ3n) is 3.50. The highest BCUT2D eigenvalue weighted by Crippen LogP contribution is 2.24. The van der Waals surface area contributed by atoms with Crippen LogP contribution in [0, 0.1) is 13.8 Å². The van der Waals surface area contributed by atoms with Crippen molar-refractivity contribution in [2.45, 2.75) is 39.5 Å². The van der Waals surface area contributed by atoms with Crippen molar-refractivity contribution in [3.8, 4) is 0 Å². The Balaban J connectivity index is 2.09. The van der Waals surface area contributed by atoms with E-state index >= 15 is 0 Å². The molecule has 0 bridgehead atoms. The summed E-state index contributed by atoms with van der Waals surface area (Å²) in [6.07, 6.45) is 0.812. The molecule has 1 aromatic rings. The van der Waals surface area contributed by atoms with Crippen LogP contribution >= 0.6 is 0 Å². The molecule has 3 nitrogen and oxygen atoms in total. The zero-order valence-electron chi connectivity index (χ0n) is 11.5. The van der Waals surface area contributed by atoms with Crippen molar-refractivity contribution >= 4 is 0 Å². The lowest BCUT2D eigenvalue weighted by Crippen LogP contribution is -2.26. The number of ether oxygens (including phenoxy) is 2. The zero-order chi connectivity index (χ0) is 13.0. The van der Waals surface area contributed by atoms with E-state index in [-0.39, 0.29) is 6.29 Å². The standard InChI is InChI=1S/C15H23NO2/c1-4-16-14(10-15-17-7-8-18-15)13-6-5-11(2)12(3)9-13/h5-6,9,14-16H,4,7-8,10H2,1-3H3. The molecule has 18 heavy (non-hydrogen) atoms. The van der Waals surface area contributed by atoms with Crippen molar-refractivity contribution < 1.29 is 9.47 Å². The molecule has 1 atom stereocenters. The van der Waals surface area contributed by atoms with E-state index in [1.807, 2.05) is 0 Å². The van der Waals surface area contributed by atoms with Crippen LogP contribution in [0.25, 0.3) is 0 Å². The van der Waals surface area contributed by atoms with Gasteiger partial charge in [-0.1, -0.05) is 25.1 Å². The maximum absolute atomic E-state index is 5.54. The molecule has 0 aromatic heterocycles. The van der Waals surface area contributed by atoms with Gasteiger partial charge in [-0.15, -0.1) is 0 Å². The lowest BCUT2D eigenvalue weighted by Gasteiger charge is -2.22. The van der Waals surface area contributed by atoms with E-state index in [9.17, 15) is 0 Å². The smallest absolute Gasteiger partial charge is 0.159 e. The third kappa shape index (κ3) is 3.31. The average Bonchev–Trinajstić information content (AvgIpc) is 2.85. The largest absolute Gasteiger partial charge is 0.350 e. The summed E-state index contributed by atoms with van der Waals surface area (Å²) in [5.74, 6) is 0. The fraction of sp³-hybridized carbons (Fsp3) is 0.600. The summed E-state index contributed by atoms with van der Waals surface area (Å²) in [6, 6.07) is 6.95. The van der Waals surface area contributed by atoms with Crippen molar-refractivity contribution in [3.63, 3.8) is 0 Å². The van der Waals surface area contributed by atoms with E-state index in [2.05, 4.69) is 44.3 Å². The van der Waals surface area contributed by atoms with Gasteiger partial charge >= 0.3 is 0 Å². The Morgan fingerprint density at radius 1 is 1.22 bits per heavy atom. The molecule has 0 spiro atoms. The highest BCUT2D eigenvalue weighted by atomic mass is 16.7. The van der Waals surface area contributed by atoms with Gasteiger partial charge in [0.15, 0.2) is 6.29 Å². The second kappa shape index (κ2) is 6.32. The van der Waals surface area contributed by atoms with Crippen LogP contribution in [0.3, 0.4) is 0 Å². The van der Waals surface area contributed by atoms with Gasteiger partial charge in [-0.05, 0) is 37.1 Å². The van der Waals surface area contributed by atoms with Gasteiger partial charge in [0.25, 0.3) is 0 Å². The van der Waals surface area contributed by atoms with Gasteiger partial charge in [0.2, 0.25) is 0 Å². The van der Waals surface area contributed by atoms with Crippen LogP contribution in [0.5, 0.6) is 0 Å². The number of nitrogens with one attached hydrogen (secondary N) is 1. The van der Waals surface area contributed by atoms with Gasteiger partial charge in [0.05, 0.1) is 13.2 Å². The maximum Gasteiger partial charge on any atom is 0.159 e. The SMILES string of the molecule is CCNC(CC1OCCO1)c1ccc(C)c(C)c1. The summed E-state index contributed by atoms with van der Waals surface area (Å²) >= 11 is 0. The molecule has 2 rings (SSSR count). The van der Waals surface area contributed by atoms with Crippen LogP contribution < -0.4 is 5.32 Å². The van der Waals surface area contributed by atoms with E-state index in [0.717, 1.165) is 26.2 Å². The number of hydrogen-bond acceptors (Lipinski definition) is 3. The Hall–Kier alpha value is -0.900. The van der Waals surface area contributed by atoms with Crippen LogP contribution in [-0.4, -0.2) is 26.0 Å². The van der Waals surface area contributed by atoms with Crippen molar-refractivity contribution in [1.82, 2.24) is 5.32 Å². The number of aryl methyl sites for hydroxylation is 2. The molecule has 0 radical (unpaired) electrons. The summed E-state index contributed by atoms with van der Waals surface area (Å²) < 4.78 is 11.1. The van der Waals surface area contributed by atoms with Gasteiger partial charge in [-0.25, -0.2) is 0 Å². The van der Waals surface area contributed by atoms with Gasteiger partial charge in [-0.3, -0.25) is 0 Å². The summed E-state index contributed by atoms with van der Waals surface area (Å²) in [5, 5.41) is 3.51. The first-order valence-corrected chi connectivity index (χ1v) is 6.74. The summed E-state index contributed by atoms with van der Waals surface area (Å²) in [6.45, 7) is 8.82. The zero-order valence-corrected chi connectivity index (χ0v) is 11.5. The second-order valence-corrected chi connectivity index (χ2v) is 4.86. The van der Waals surface area contributed by atoms with E-state index in [0.29, 0.717) is 6.04 Å². The Bertz CT molecular complexity index is 386. The minimum atomic E-state index is -0.0596. The van der Waals surface area contributed by atoms with Crippen molar-refractivity contribution in [1.29, 1.82) is 0 Å². The van der Waals surface area contributed by atoms with Crippen LogP contribution in [0.4, 0.5) is 0 Å². The average molecular weight is 249 g/mol. The Morgan fingerprint density at radius 2 is 1.94 bits per heavy atom. The Kier molecular flexibility index (Phi) is 4.75. The van der Waals surface area contributed by atoms with Crippen molar-refractivity contribution in [3.05, 3.63) is 34.9 Å². The third-order valence-corrected chi connectivity index (χ3v) is 3.50. The van der Waals surface area contributed by atoms with Crippen molar-refractivity contribution in [2.24, 2.45) is 0 Å². The number of hydrogen-bond donors (Lipinski definition) is 1. The molecule has 1 saturated heterocycles. The Labute approximate surface area is 109 Å².